The van der Waals surface area contributed by atoms with E-state index in [9.17, 15) is 9.59 Å². The molecule has 1 fully saturated rings. The Hall–Kier alpha value is -3.16. The first-order chi connectivity index (χ1) is 18.9. The molecule has 5 rings (SSSR count). The van der Waals surface area contributed by atoms with Crippen LogP contribution in [0.15, 0.2) is 60.0 Å². The lowest BCUT2D eigenvalue weighted by molar-refractivity contribution is -0.135. The molecule has 2 atom stereocenters. The van der Waals surface area contributed by atoms with Crippen LogP contribution in [-0.4, -0.2) is 60.6 Å². The van der Waals surface area contributed by atoms with Gasteiger partial charge in [0.1, 0.15) is 18.9 Å². The van der Waals surface area contributed by atoms with E-state index in [1.165, 1.54) is 10.4 Å². The molecule has 1 aromatic heterocycles. The van der Waals surface area contributed by atoms with Gasteiger partial charge in [-0.2, -0.15) is 0 Å². The summed E-state index contributed by atoms with van der Waals surface area (Å²) in [5, 5.41) is 2.09. The van der Waals surface area contributed by atoms with Crippen molar-refractivity contribution in [1.29, 1.82) is 0 Å². The minimum absolute atomic E-state index is 0.0195. The molecule has 2 aliphatic heterocycles. The van der Waals surface area contributed by atoms with Gasteiger partial charge in [-0.15, -0.1) is 11.3 Å². The molecule has 2 aromatic carbocycles. The molecule has 0 aliphatic carbocycles. The quantitative estimate of drug-likeness (QED) is 0.330. The Labute approximate surface area is 235 Å². The summed E-state index contributed by atoms with van der Waals surface area (Å²) in [7, 11) is 0. The number of carbonyl (C=O) groups is 2. The van der Waals surface area contributed by atoms with Gasteiger partial charge in [-0.25, -0.2) is 0 Å². The minimum atomic E-state index is -0.198. The van der Waals surface area contributed by atoms with E-state index >= 15 is 0 Å². The average molecular weight is 547 g/mol. The Bertz CT molecular complexity index is 1260. The molecule has 2 unspecified atom stereocenters. The number of benzene rings is 2. The second kappa shape index (κ2) is 12.3. The third kappa shape index (κ3) is 6.53. The Morgan fingerprint density at radius 2 is 1.87 bits per heavy atom. The number of amides is 2. The predicted molar refractivity (Wildman–Crippen MR) is 155 cm³/mol. The Balaban J connectivity index is 1.33. The zero-order chi connectivity index (χ0) is 27.4. The van der Waals surface area contributed by atoms with Crippen LogP contribution in [0.1, 0.15) is 70.6 Å². The van der Waals surface area contributed by atoms with Crippen molar-refractivity contribution < 1.29 is 19.1 Å². The molecule has 206 valence electrons. The van der Waals surface area contributed by atoms with Crippen molar-refractivity contribution in [1.82, 2.24) is 9.80 Å². The van der Waals surface area contributed by atoms with Gasteiger partial charge in [0, 0.05) is 30.1 Å². The number of aryl methyl sites for hydroxylation is 1. The fourth-order valence-corrected chi connectivity index (χ4v) is 6.31. The Morgan fingerprint density at radius 1 is 1.10 bits per heavy atom. The number of rotatable bonds is 9. The molecule has 6 nitrogen and oxygen atoms in total. The van der Waals surface area contributed by atoms with Gasteiger partial charge >= 0.3 is 0 Å². The SMILES string of the molecule is Cc1ccc(C(=O)N(CC(=O)N2CCc3sccc3C2COc2ccc(C(C)C)cc2)CC2CCCO2)cc1. The van der Waals surface area contributed by atoms with Crippen molar-refractivity contribution in [3.05, 3.63) is 87.1 Å². The van der Waals surface area contributed by atoms with Gasteiger partial charge in [0.25, 0.3) is 5.91 Å². The molecule has 1 saturated heterocycles. The first-order valence-electron chi connectivity index (χ1n) is 13.9. The summed E-state index contributed by atoms with van der Waals surface area (Å²) in [6, 6.07) is 17.7. The van der Waals surface area contributed by atoms with Gasteiger partial charge in [-0.3, -0.25) is 9.59 Å². The number of hydrogen-bond acceptors (Lipinski definition) is 5. The van der Waals surface area contributed by atoms with Crippen molar-refractivity contribution in [2.24, 2.45) is 0 Å². The highest BCUT2D eigenvalue weighted by Gasteiger charge is 2.34. The van der Waals surface area contributed by atoms with Crippen LogP contribution in [0.3, 0.4) is 0 Å². The second-order valence-electron chi connectivity index (χ2n) is 10.9. The van der Waals surface area contributed by atoms with Crippen LogP contribution in [0.5, 0.6) is 5.75 Å². The molecular weight excluding hydrogens is 508 g/mol. The third-order valence-corrected chi connectivity index (χ3v) is 8.73. The van der Waals surface area contributed by atoms with Gasteiger partial charge in [0.2, 0.25) is 5.91 Å². The third-order valence-electron chi connectivity index (χ3n) is 7.73. The van der Waals surface area contributed by atoms with Crippen LogP contribution in [0.2, 0.25) is 0 Å². The van der Waals surface area contributed by atoms with E-state index in [-0.39, 0.29) is 30.5 Å². The van der Waals surface area contributed by atoms with Gasteiger partial charge in [-0.1, -0.05) is 43.7 Å². The minimum Gasteiger partial charge on any atom is -0.491 e. The summed E-state index contributed by atoms with van der Waals surface area (Å²) in [4.78, 5) is 32.3. The highest BCUT2D eigenvalue weighted by atomic mass is 32.1. The van der Waals surface area contributed by atoms with Crippen LogP contribution in [0.25, 0.3) is 0 Å². The number of carbonyl (C=O) groups excluding carboxylic acids is 2. The van der Waals surface area contributed by atoms with Gasteiger partial charge < -0.3 is 19.3 Å². The van der Waals surface area contributed by atoms with E-state index < -0.39 is 0 Å². The standard InChI is InChI=1S/C32H38N2O4S/c1-22(2)24-10-12-26(13-11-24)38-21-29-28-15-18-39-30(28)14-16-34(29)31(35)20-33(19-27-5-4-17-37-27)32(36)25-8-6-23(3)7-9-25/h6-13,15,18,22,27,29H,4-5,14,16-17,19-21H2,1-3H3. The molecule has 39 heavy (non-hydrogen) atoms. The first kappa shape index (κ1) is 27.4. The maximum Gasteiger partial charge on any atom is 0.254 e. The topological polar surface area (TPSA) is 59.1 Å². The molecule has 0 spiro atoms. The lowest BCUT2D eigenvalue weighted by Crippen LogP contribution is -2.49. The monoisotopic (exact) mass is 546 g/mol. The van der Waals surface area contributed by atoms with Crippen molar-refractivity contribution in [2.75, 3.05) is 32.8 Å². The fraction of sp³-hybridized carbons (Fsp3) is 0.438. The summed E-state index contributed by atoms with van der Waals surface area (Å²) < 4.78 is 12.1. The molecule has 0 radical (unpaired) electrons. The predicted octanol–water partition coefficient (Wildman–Crippen LogP) is 6.01. The number of hydrogen-bond donors (Lipinski definition) is 0. The van der Waals surface area contributed by atoms with Crippen LogP contribution >= 0.6 is 11.3 Å². The van der Waals surface area contributed by atoms with E-state index in [1.54, 1.807) is 16.2 Å². The maximum atomic E-state index is 13.9. The van der Waals surface area contributed by atoms with E-state index in [2.05, 4.69) is 37.4 Å². The highest BCUT2D eigenvalue weighted by Crippen LogP contribution is 2.34. The molecule has 0 saturated carbocycles. The fourth-order valence-electron chi connectivity index (χ4n) is 5.38. The summed E-state index contributed by atoms with van der Waals surface area (Å²) in [6.07, 6.45) is 2.66. The highest BCUT2D eigenvalue weighted by molar-refractivity contribution is 7.10. The molecular formula is C32H38N2O4S. The summed E-state index contributed by atoms with van der Waals surface area (Å²) in [5.74, 6) is 1.06. The number of nitrogens with zero attached hydrogens (tertiary/aromatic N) is 2. The molecule has 3 aromatic rings. The van der Waals surface area contributed by atoms with E-state index in [0.717, 1.165) is 36.1 Å². The van der Waals surface area contributed by atoms with Crippen LogP contribution in [0.4, 0.5) is 0 Å². The first-order valence-corrected chi connectivity index (χ1v) is 14.8. The molecule has 2 aliphatic rings. The summed E-state index contributed by atoms with van der Waals surface area (Å²) in [5.41, 5.74) is 4.10. The van der Waals surface area contributed by atoms with Crippen molar-refractivity contribution in [3.63, 3.8) is 0 Å². The average Bonchev–Trinajstić information content (AvgIpc) is 3.64. The van der Waals surface area contributed by atoms with E-state index in [4.69, 9.17) is 9.47 Å². The Morgan fingerprint density at radius 3 is 2.56 bits per heavy atom. The van der Waals surface area contributed by atoms with Crippen LogP contribution < -0.4 is 4.74 Å². The smallest absolute Gasteiger partial charge is 0.254 e. The van der Waals surface area contributed by atoms with Crippen molar-refractivity contribution in [2.45, 2.75) is 58.1 Å². The molecule has 2 amide bonds. The normalized spacial score (nSPS) is 18.7. The zero-order valence-electron chi connectivity index (χ0n) is 23.1. The number of thiophene rings is 1. The van der Waals surface area contributed by atoms with E-state index in [0.29, 0.717) is 37.8 Å². The number of fused-ring (bicyclic) bond motifs is 1. The molecule has 0 bridgehead atoms. The number of ether oxygens (including phenoxy) is 2. The second-order valence-corrected chi connectivity index (χ2v) is 11.9. The van der Waals surface area contributed by atoms with Gasteiger partial charge in [0.05, 0.1) is 12.1 Å². The van der Waals surface area contributed by atoms with Crippen LogP contribution in [-0.2, 0) is 16.0 Å². The molecule has 3 heterocycles. The zero-order valence-corrected chi connectivity index (χ0v) is 23.9. The van der Waals surface area contributed by atoms with Crippen molar-refractivity contribution in [3.8, 4) is 5.75 Å². The maximum absolute atomic E-state index is 13.9. The molecule has 0 N–H and O–H groups in total. The summed E-state index contributed by atoms with van der Waals surface area (Å²) in [6.45, 7) is 8.46. The molecule has 7 heteroatoms. The Kier molecular flexibility index (Phi) is 8.68. The van der Waals surface area contributed by atoms with Gasteiger partial charge in [-0.05, 0) is 78.9 Å². The summed E-state index contributed by atoms with van der Waals surface area (Å²) >= 11 is 1.73. The lowest BCUT2D eigenvalue weighted by atomic mass is 10.00. The largest absolute Gasteiger partial charge is 0.491 e. The van der Waals surface area contributed by atoms with Crippen LogP contribution in [0, 0.1) is 6.92 Å². The van der Waals surface area contributed by atoms with Crippen molar-refractivity contribution >= 4 is 23.2 Å². The van der Waals surface area contributed by atoms with Gasteiger partial charge in [0.15, 0.2) is 0 Å². The lowest BCUT2D eigenvalue weighted by Gasteiger charge is -2.37. The van der Waals surface area contributed by atoms with E-state index in [1.807, 2.05) is 48.2 Å².